The smallest absolute Gasteiger partial charge is 0.362 e. The lowest BCUT2D eigenvalue weighted by Crippen LogP contribution is -2.68. The Morgan fingerprint density at radius 3 is 1.77 bits per heavy atom. The van der Waals surface area contributed by atoms with Gasteiger partial charge in [-0.2, -0.15) is 0 Å². The maximum Gasteiger partial charge on any atom is 0.362 e. The first kappa shape index (κ1) is 45.9. The number of rotatable bonds is 21. The maximum absolute atomic E-state index is 14.2. The number of esters is 1. The standard InChI is InChI=1S/C53H96NO3/c1-11-13-15-17-19-21-23-25-37-54(10,38-26-24-22-20-18-16-14-12-2)39-45(55)57-44-30-31-50(7)42(49(44,5)6)29-32-52(9)43(50)28-27-41-46-47-48(3,4)33-35-53(46,40-56-47)36-34-51(41,52)8/h41-44,46-47H,11-40H2,1-10H3/q+1/t41?,42?,43?,44-,46?,47+,50-,51+,52+,53+/m0/s1. The summed E-state index contributed by atoms with van der Waals surface area (Å²) in [6, 6.07) is 0. The molecule has 4 unspecified atom stereocenters. The van der Waals surface area contributed by atoms with E-state index in [9.17, 15) is 4.79 Å². The molecule has 1 aliphatic heterocycles. The van der Waals surface area contributed by atoms with Crippen molar-refractivity contribution in [2.75, 3.05) is 33.3 Å². The lowest BCUT2D eigenvalue weighted by molar-refractivity contribution is -0.903. The number of hydrogen-bond donors (Lipinski definition) is 0. The van der Waals surface area contributed by atoms with E-state index in [1.165, 1.54) is 161 Å². The fraction of sp³-hybridized carbons (Fsp3) is 0.981. The van der Waals surface area contributed by atoms with Crippen LogP contribution in [0.25, 0.3) is 0 Å². The van der Waals surface area contributed by atoms with Crippen molar-refractivity contribution in [2.45, 2.75) is 241 Å². The Balaban J connectivity index is 1.08. The molecule has 6 rings (SSSR count). The van der Waals surface area contributed by atoms with E-state index in [1.54, 1.807) is 0 Å². The summed E-state index contributed by atoms with van der Waals surface area (Å²) in [5.74, 6) is 2.99. The van der Waals surface area contributed by atoms with Crippen molar-refractivity contribution in [2.24, 2.45) is 56.2 Å². The molecule has 10 atom stereocenters. The predicted molar refractivity (Wildman–Crippen MR) is 240 cm³/mol. The van der Waals surface area contributed by atoms with E-state index in [2.05, 4.69) is 69.4 Å². The van der Waals surface area contributed by atoms with E-state index in [4.69, 9.17) is 9.47 Å². The zero-order chi connectivity index (χ0) is 41.2. The third-order valence-corrected chi connectivity index (χ3v) is 20.0. The molecule has 6 fully saturated rings. The van der Waals surface area contributed by atoms with Gasteiger partial charge in [-0.15, -0.1) is 0 Å². The number of hydrogen-bond acceptors (Lipinski definition) is 3. The van der Waals surface area contributed by atoms with Crippen molar-refractivity contribution < 1.29 is 18.8 Å². The van der Waals surface area contributed by atoms with Gasteiger partial charge in [0.1, 0.15) is 6.10 Å². The van der Waals surface area contributed by atoms with Crippen LogP contribution in [-0.2, 0) is 14.3 Å². The van der Waals surface area contributed by atoms with E-state index in [1.807, 2.05) is 0 Å². The van der Waals surface area contributed by atoms with Gasteiger partial charge in [-0.3, -0.25) is 0 Å². The maximum atomic E-state index is 14.2. The highest BCUT2D eigenvalue weighted by Crippen LogP contribution is 2.78. The van der Waals surface area contributed by atoms with Crippen LogP contribution in [0.15, 0.2) is 0 Å². The average molecular weight is 795 g/mol. The van der Waals surface area contributed by atoms with E-state index >= 15 is 0 Å². The number of unbranched alkanes of at least 4 members (excludes halogenated alkanes) is 14. The first-order valence-corrected chi connectivity index (χ1v) is 25.7. The van der Waals surface area contributed by atoms with Crippen LogP contribution < -0.4 is 0 Å². The molecule has 0 aromatic heterocycles. The molecule has 0 radical (unpaired) electrons. The topological polar surface area (TPSA) is 35.5 Å². The number of fused-ring (bicyclic) bond motifs is 5. The molecule has 0 N–H and O–H groups in total. The molecule has 0 aromatic rings. The summed E-state index contributed by atoms with van der Waals surface area (Å²) in [4.78, 5) is 14.2. The Labute approximate surface area is 354 Å². The number of likely N-dealkylation sites (N-methyl/N-ethyl adjacent to an activating group) is 1. The highest BCUT2D eigenvalue weighted by atomic mass is 16.5. The lowest BCUT2D eigenvalue weighted by atomic mass is 9.31. The van der Waals surface area contributed by atoms with Crippen LogP contribution in [0.3, 0.4) is 0 Å². The Hall–Kier alpha value is -0.610. The van der Waals surface area contributed by atoms with E-state index < -0.39 is 0 Å². The second kappa shape index (κ2) is 18.4. The van der Waals surface area contributed by atoms with Crippen molar-refractivity contribution in [3.05, 3.63) is 0 Å². The molecule has 1 saturated heterocycles. The summed E-state index contributed by atoms with van der Waals surface area (Å²) in [5.41, 5.74) is 1.82. The third kappa shape index (κ3) is 9.01. The van der Waals surface area contributed by atoms with Crippen LogP contribution in [0.1, 0.15) is 229 Å². The molecular formula is C53H96NO3+. The SMILES string of the molecule is CCCCCCCCCC[N+](C)(CCCCCCCCCC)CC(=O)O[C@H]1CC[C@@]2(C)C(CC[C@]3(C)C2CCC2C4[C@H]5OC[C@@]4(CCC5(C)C)CC[C@]23C)C1(C)C. The lowest BCUT2D eigenvalue weighted by Gasteiger charge is -2.73. The summed E-state index contributed by atoms with van der Waals surface area (Å²) in [7, 11) is 2.38. The largest absolute Gasteiger partial charge is 0.458 e. The second-order valence-electron chi connectivity index (χ2n) is 24.3. The van der Waals surface area contributed by atoms with Gasteiger partial charge in [-0.1, -0.05) is 139 Å². The second-order valence-corrected chi connectivity index (χ2v) is 24.3. The number of quaternary nitrogens is 1. The Bertz CT molecular complexity index is 1290. The quantitative estimate of drug-likeness (QED) is 0.0659. The predicted octanol–water partition coefficient (Wildman–Crippen LogP) is 14.5. The molecule has 0 aromatic carbocycles. The zero-order valence-corrected chi connectivity index (χ0v) is 39.8. The van der Waals surface area contributed by atoms with Gasteiger partial charge >= 0.3 is 5.97 Å². The van der Waals surface area contributed by atoms with Gasteiger partial charge in [-0.05, 0) is 141 Å². The van der Waals surface area contributed by atoms with Crippen molar-refractivity contribution in [1.29, 1.82) is 0 Å². The van der Waals surface area contributed by atoms with Crippen LogP contribution in [0.4, 0.5) is 0 Å². The first-order valence-electron chi connectivity index (χ1n) is 25.7. The van der Waals surface area contributed by atoms with Gasteiger partial charge in [0.15, 0.2) is 6.54 Å². The molecule has 0 amide bonds. The molecule has 330 valence electrons. The number of carbonyl (C=O) groups is 1. The van der Waals surface area contributed by atoms with Crippen LogP contribution in [-0.4, -0.2) is 55.9 Å². The Morgan fingerprint density at radius 1 is 0.614 bits per heavy atom. The highest BCUT2D eigenvalue weighted by Gasteiger charge is 2.73. The van der Waals surface area contributed by atoms with Crippen molar-refractivity contribution in [3.8, 4) is 0 Å². The Morgan fingerprint density at radius 2 is 1.18 bits per heavy atom. The van der Waals surface area contributed by atoms with Gasteiger partial charge < -0.3 is 14.0 Å². The number of ether oxygens (including phenoxy) is 2. The fourth-order valence-electron chi connectivity index (χ4n) is 16.2. The van der Waals surface area contributed by atoms with Crippen LogP contribution in [0.5, 0.6) is 0 Å². The third-order valence-electron chi connectivity index (χ3n) is 20.0. The summed E-state index contributed by atoms with van der Waals surface area (Å²) < 4.78 is 14.5. The first-order chi connectivity index (χ1) is 27.0. The summed E-state index contributed by atoms with van der Waals surface area (Å²) in [5, 5.41) is 0. The number of nitrogens with zero attached hydrogens (tertiary/aromatic N) is 1. The van der Waals surface area contributed by atoms with Gasteiger partial charge in [0.2, 0.25) is 0 Å². The molecule has 2 bridgehead atoms. The van der Waals surface area contributed by atoms with Crippen molar-refractivity contribution >= 4 is 5.97 Å². The molecule has 4 heteroatoms. The summed E-state index contributed by atoms with van der Waals surface area (Å²) >= 11 is 0. The molecule has 0 spiro atoms. The van der Waals surface area contributed by atoms with E-state index in [-0.39, 0.29) is 17.5 Å². The van der Waals surface area contributed by atoms with Gasteiger partial charge in [0.25, 0.3) is 0 Å². The van der Waals surface area contributed by atoms with Crippen LogP contribution in [0.2, 0.25) is 0 Å². The minimum absolute atomic E-state index is 0.00232. The molecule has 5 aliphatic carbocycles. The summed E-state index contributed by atoms with van der Waals surface area (Å²) in [6.45, 7) is 26.7. The number of carbonyl (C=O) groups excluding carboxylic acids is 1. The molecule has 4 nitrogen and oxygen atoms in total. The van der Waals surface area contributed by atoms with Crippen LogP contribution in [0, 0.1) is 56.2 Å². The van der Waals surface area contributed by atoms with Gasteiger partial charge in [0.05, 0.1) is 32.8 Å². The van der Waals surface area contributed by atoms with Crippen LogP contribution >= 0.6 is 0 Å². The van der Waals surface area contributed by atoms with Crippen molar-refractivity contribution in [1.82, 2.24) is 0 Å². The van der Waals surface area contributed by atoms with Crippen molar-refractivity contribution in [3.63, 3.8) is 0 Å². The molecular weight excluding hydrogens is 699 g/mol. The minimum atomic E-state index is -0.00232. The normalized spacial score (nSPS) is 39.1. The molecule has 1 heterocycles. The average Bonchev–Trinajstić information content (AvgIpc) is 3.49. The van der Waals surface area contributed by atoms with E-state index in [0.29, 0.717) is 45.6 Å². The molecule has 5 saturated carbocycles. The minimum Gasteiger partial charge on any atom is -0.458 e. The van der Waals surface area contributed by atoms with E-state index in [0.717, 1.165) is 48.4 Å². The van der Waals surface area contributed by atoms with Gasteiger partial charge in [0, 0.05) is 5.41 Å². The zero-order valence-electron chi connectivity index (χ0n) is 39.8. The monoisotopic (exact) mass is 795 g/mol. The Kier molecular flexibility index (Phi) is 14.8. The fourth-order valence-corrected chi connectivity index (χ4v) is 16.2. The molecule has 57 heavy (non-hydrogen) atoms. The molecule has 6 aliphatic rings. The summed E-state index contributed by atoms with van der Waals surface area (Å²) in [6.07, 6.45) is 35.1. The van der Waals surface area contributed by atoms with Gasteiger partial charge in [-0.25, -0.2) is 4.79 Å². The highest BCUT2D eigenvalue weighted by molar-refractivity contribution is 5.71.